The van der Waals surface area contributed by atoms with Crippen LogP contribution >= 0.6 is 0 Å². The summed E-state index contributed by atoms with van der Waals surface area (Å²) in [5, 5.41) is 7.39. The van der Waals surface area contributed by atoms with E-state index in [0.717, 1.165) is 22.1 Å². The van der Waals surface area contributed by atoms with Gasteiger partial charge >= 0.3 is 0 Å². The number of hydrogen-bond donors (Lipinski definition) is 1. The Morgan fingerprint density at radius 1 is 0.388 bits per heavy atom. The Morgan fingerprint density at radius 2 is 1.04 bits per heavy atom. The standard InChI is InChI=1S/C47H27NO/c1-2-15-32-28(11-1)34(27-21-23-41-35(25-27)31-14-5-9-19-40(31)48-41)26-39-44(32)46-38(22-24-43-45(46)33-16-6-10-20-42(33)49-43)47(39)36-17-7-3-12-29(36)30-13-4-8-18-37(30)47/h1-26,48H. The molecule has 2 heterocycles. The van der Waals surface area contributed by atoms with E-state index in [0.29, 0.717) is 0 Å². The van der Waals surface area contributed by atoms with Gasteiger partial charge in [0, 0.05) is 32.6 Å². The number of aromatic nitrogens is 1. The molecule has 0 radical (unpaired) electrons. The van der Waals surface area contributed by atoms with Crippen LogP contribution in [0.1, 0.15) is 22.3 Å². The molecule has 2 aromatic heterocycles. The molecule has 1 spiro atoms. The highest BCUT2D eigenvalue weighted by molar-refractivity contribution is 6.21. The maximum atomic E-state index is 6.55. The van der Waals surface area contributed by atoms with E-state index >= 15 is 0 Å². The molecule has 8 aromatic carbocycles. The van der Waals surface area contributed by atoms with Gasteiger partial charge in [-0.3, -0.25) is 0 Å². The fraction of sp³-hybridized carbons (Fsp3) is 0.0213. The number of para-hydroxylation sites is 2. The lowest BCUT2D eigenvalue weighted by Crippen LogP contribution is -2.25. The zero-order valence-electron chi connectivity index (χ0n) is 26.4. The molecule has 2 aliphatic rings. The summed E-state index contributed by atoms with van der Waals surface area (Å²) < 4.78 is 6.55. The average Bonchev–Trinajstić information content (AvgIpc) is 3.89. The van der Waals surface area contributed by atoms with Crippen LogP contribution in [0.15, 0.2) is 162 Å². The lowest BCUT2D eigenvalue weighted by Gasteiger charge is -2.31. The highest BCUT2D eigenvalue weighted by Gasteiger charge is 2.53. The Hall–Kier alpha value is -6.38. The normalized spacial score (nSPS) is 13.9. The molecule has 0 saturated heterocycles. The van der Waals surface area contributed by atoms with Crippen molar-refractivity contribution in [2.24, 2.45) is 0 Å². The maximum absolute atomic E-state index is 6.55. The number of nitrogens with one attached hydrogen (secondary N) is 1. The quantitative estimate of drug-likeness (QED) is 0.194. The first-order valence-electron chi connectivity index (χ1n) is 17.0. The lowest BCUT2D eigenvalue weighted by atomic mass is 9.70. The first-order valence-corrected chi connectivity index (χ1v) is 17.0. The first-order chi connectivity index (χ1) is 24.3. The number of furan rings is 1. The molecule has 2 nitrogen and oxygen atoms in total. The van der Waals surface area contributed by atoms with Gasteiger partial charge in [-0.15, -0.1) is 0 Å². The van der Waals surface area contributed by atoms with E-state index in [-0.39, 0.29) is 0 Å². The molecule has 226 valence electrons. The van der Waals surface area contributed by atoms with Gasteiger partial charge in [0.05, 0.1) is 5.41 Å². The fourth-order valence-electron chi connectivity index (χ4n) is 9.54. The van der Waals surface area contributed by atoms with Gasteiger partial charge in [0.2, 0.25) is 0 Å². The number of fused-ring (bicyclic) bond motifs is 19. The van der Waals surface area contributed by atoms with Crippen molar-refractivity contribution in [1.29, 1.82) is 0 Å². The van der Waals surface area contributed by atoms with Crippen molar-refractivity contribution < 1.29 is 4.42 Å². The number of H-pyrrole nitrogens is 1. The second kappa shape index (κ2) is 8.94. The van der Waals surface area contributed by atoms with Gasteiger partial charge < -0.3 is 9.40 Å². The second-order valence-corrected chi connectivity index (χ2v) is 13.6. The Bertz CT molecular complexity index is 3020. The van der Waals surface area contributed by atoms with Gasteiger partial charge in [-0.2, -0.15) is 0 Å². The van der Waals surface area contributed by atoms with E-state index in [2.05, 4.69) is 163 Å². The van der Waals surface area contributed by atoms with Crippen LogP contribution in [0.2, 0.25) is 0 Å². The molecule has 0 aliphatic heterocycles. The van der Waals surface area contributed by atoms with E-state index in [1.54, 1.807) is 0 Å². The zero-order valence-corrected chi connectivity index (χ0v) is 26.4. The predicted molar refractivity (Wildman–Crippen MR) is 202 cm³/mol. The van der Waals surface area contributed by atoms with Gasteiger partial charge in [0.25, 0.3) is 0 Å². The maximum Gasteiger partial charge on any atom is 0.136 e. The summed E-state index contributed by atoms with van der Waals surface area (Å²) in [5.41, 5.74) is 16.8. The number of rotatable bonds is 1. The van der Waals surface area contributed by atoms with Crippen molar-refractivity contribution in [1.82, 2.24) is 4.98 Å². The van der Waals surface area contributed by atoms with Crippen LogP contribution in [0.25, 0.3) is 87.9 Å². The summed E-state index contributed by atoms with van der Waals surface area (Å²) in [6, 6.07) is 58.3. The van der Waals surface area contributed by atoms with Crippen LogP contribution in [-0.4, -0.2) is 4.98 Å². The van der Waals surface area contributed by atoms with Gasteiger partial charge in [-0.25, -0.2) is 0 Å². The van der Waals surface area contributed by atoms with Crippen LogP contribution in [-0.2, 0) is 5.41 Å². The molecule has 0 unspecified atom stereocenters. The molecule has 1 N–H and O–H groups in total. The van der Waals surface area contributed by atoms with Gasteiger partial charge in [-0.1, -0.05) is 121 Å². The second-order valence-electron chi connectivity index (χ2n) is 13.6. The Balaban J connectivity index is 1.29. The summed E-state index contributed by atoms with van der Waals surface area (Å²) in [6.07, 6.45) is 0. The lowest BCUT2D eigenvalue weighted by molar-refractivity contribution is 0.668. The first kappa shape index (κ1) is 25.7. The van der Waals surface area contributed by atoms with Crippen molar-refractivity contribution in [3.63, 3.8) is 0 Å². The molecule has 0 amide bonds. The van der Waals surface area contributed by atoms with E-state index in [1.165, 1.54) is 88.1 Å². The minimum atomic E-state index is -0.478. The summed E-state index contributed by atoms with van der Waals surface area (Å²) in [5.74, 6) is 0. The largest absolute Gasteiger partial charge is 0.456 e. The summed E-state index contributed by atoms with van der Waals surface area (Å²) in [6.45, 7) is 0. The minimum absolute atomic E-state index is 0.478. The predicted octanol–water partition coefficient (Wildman–Crippen LogP) is 12.4. The third-order valence-electron chi connectivity index (χ3n) is 11.4. The molecule has 2 heteroatoms. The van der Waals surface area contributed by atoms with Gasteiger partial charge in [-0.05, 0) is 103 Å². The fourth-order valence-corrected chi connectivity index (χ4v) is 9.54. The molecule has 10 aromatic rings. The molecule has 0 atom stereocenters. The molecule has 0 bridgehead atoms. The van der Waals surface area contributed by atoms with E-state index in [1.807, 2.05) is 0 Å². The van der Waals surface area contributed by atoms with Crippen LogP contribution < -0.4 is 0 Å². The number of hydrogen-bond acceptors (Lipinski definition) is 1. The highest BCUT2D eigenvalue weighted by atomic mass is 16.3. The molecule has 0 fully saturated rings. The average molecular weight is 622 g/mol. The number of aromatic amines is 1. The van der Waals surface area contributed by atoms with Crippen LogP contribution in [0.4, 0.5) is 0 Å². The third-order valence-corrected chi connectivity index (χ3v) is 11.4. The Labute approximate surface area is 281 Å². The van der Waals surface area contributed by atoms with Gasteiger partial charge in [0.1, 0.15) is 11.2 Å². The van der Waals surface area contributed by atoms with Gasteiger partial charge in [0.15, 0.2) is 0 Å². The summed E-state index contributed by atoms with van der Waals surface area (Å²) >= 11 is 0. The molecular formula is C47H27NO. The van der Waals surface area contributed by atoms with Crippen molar-refractivity contribution in [3.8, 4) is 33.4 Å². The van der Waals surface area contributed by atoms with E-state index in [9.17, 15) is 0 Å². The number of benzene rings is 8. The Morgan fingerprint density at radius 3 is 1.86 bits per heavy atom. The SMILES string of the molecule is c1ccc2c(c1)-c1ccccc1C21c2cc(-c3ccc4[nH]c5ccccc5c4c3)c3ccccc3c2-c2c1ccc1oc3ccccc3c21. The van der Waals surface area contributed by atoms with Crippen LogP contribution in [0.5, 0.6) is 0 Å². The van der Waals surface area contributed by atoms with Crippen molar-refractivity contribution in [2.75, 3.05) is 0 Å². The van der Waals surface area contributed by atoms with Crippen LogP contribution in [0.3, 0.4) is 0 Å². The monoisotopic (exact) mass is 621 g/mol. The van der Waals surface area contributed by atoms with Crippen LogP contribution in [0, 0.1) is 0 Å². The molecule has 0 saturated carbocycles. The molecule has 2 aliphatic carbocycles. The van der Waals surface area contributed by atoms with Crippen molar-refractivity contribution in [2.45, 2.75) is 5.41 Å². The smallest absolute Gasteiger partial charge is 0.136 e. The van der Waals surface area contributed by atoms with Crippen molar-refractivity contribution in [3.05, 3.63) is 180 Å². The molecule has 49 heavy (non-hydrogen) atoms. The highest BCUT2D eigenvalue weighted by Crippen LogP contribution is 2.66. The third kappa shape index (κ3) is 3.04. The molecule has 12 rings (SSSR count). The zero-order chi connectivity index (χ0) is 31.8. The minimum Gasteiger partial charge on any atom is -0.456 e. The van der Waals surface area contributed by atoms with E-state index < -0.39 is 5.41 Å². The van der Waals surface area contributed by atoms with E-state index in [4.69, 9.17) is 4.42 Å². The Kier molecular flexibility index (Phi) is 4.69. The van der Waals surface area contributed by atoms with Crippen molar-refractivity contribution >= 4 is 54.5 Å². The topological polar surface area (TPSA) is 28.9 Å². The summed E-state index contributed by atoms with van der Waals surface area (Å²) in [4.78, 5) is 3.63. The molecular weight excluding hydrogens is 595 g/mol. The summed E-state index contributed by atoms with van der Waals surface area (Å²) in [7, 11) is 0.